The summed E-state index contributed by atoms with van der Waals surface area (Å²) in [4.78, 5) is 3.83. The molecule has 0 fully saturated rings. The lowest BCUT2D eigenvalue weighted by Gasteiger charge is -2.13. The van der Waals surface area contributed by atoms with Gasteiger partial charge in [-0.25, -0.2) is 4.39 Å². The zero-order valence-corrected chi connectivity index (χ0v) is 9.77. The second-order valence-electron chi connectivity index (χ2n) is 4.37. The van der Waals surface area contributed by atoms with Gasteiger partial charge >= 0.3 is 0 Å². The van der Waals surface area contributed by atoms with Gasteiger partial charge in [-0.15, -0.1) is 0 Å². The molecule has 1 aliphatic rings. The molecule has 3 rings (SSSR count). The van der Waals surface area contributed by atoms with Gasteiger partial charge in [-0.3, -0.25) is 4.98 Å². The van der Waals surface area contributed by atoms with Crippen LogP contribution in [0.4, 0.5) is 4.39 Å². The quantitative estimate of drug-likeness (QED) is 0.838. The second kappa shape index (κ2) is 4.38. The Morgan fingerprint density at radius 3 is 2.94 bits per heavy atom. The van der Waals surface area contributed by atoms with Crippen molar-refractivity contribution in [1.29, 1.82) is 0 Å². The van der Waals surface area contributed by atoms with Gasteiger partial charge in [0.1, 0.15) is 11.6 Å². The number of para-hydroxylation sites is 1. The van der Waals surface area contributed by atoms with Gasteiger partial charge in [-0.2, -0.15) is 0 Å². The molecule has 2 heterocycles. The maximum Gasteiger partial charge on any atom is 0.151 e. The first kappa shape index (κ1) is 11.2. The van der Waals surface area contributed by atoms with Crippen molar-refractivity contribution in [3.63, 3.8) is 0 Å². The molecule has 0 saturated carbocycles. The van der Waals surface area contributed by atoms with Gasteiger partial charge in [0.25, 0.3) is 0 Å². The number of pyridine rings is 1. The normalized spacial score (nSPS) is 17.3. The number of aromatic nitrogens is 1. The van der Waals surface area contributed by atoms with E-state index in [0.29, 0.717) is 24.3 Å². The topological polar surface area (TPSA) is 48.1 Å². The molecule has 1 aliphatic heterocycles. The van der Waals surface area contributed by atoms with Crippen LogP contribution in [-0.4, -0.2) is 11.5 Å². The number of hydrogen-bond donors (Lipinski definition) is 1. The van der Waals surface area contributed by atoms with Crippen LogP contribution in [0.2, 0.25) is 0 Å². The van der Waals surface area contributed by atoms with Crippen LogP contribution >= 0.6 is 0 Å². The number of benzene rings is 1. The number of rotatable bonds is 1. The highest BCUT2D eigenvalue weighted by atomic mass is 19.1. The van der Waals surface area contributed by atoms with Gasteiger partial charge in [0.15, 0.2) is 5.75 Å². The lowest BCUT2D eigenvalue weighted by atomic mass is 9.92. The summed E-state index contributed by atoms with van der Waals surface area (Å²) in [7, 11) is 0. The average molecular weight is 244 g/mol. The van der Waals surface area contributed by atoms with E-state index in [4.69, 9.17) is 10.5 Å². The Morgan fingerprint density at radius 1 is 1.28 bits per heavy atom. The van der Waals surface area contributed by atoms with Gasteiger partial charge in [-0.05, 0) is 24.6 Å². The van der Waals surface area contributed by atoms with Gasteiger partial charge in [-0.1, -0.05) is 18.2 Å². The van der Waals surface area contributed by atoms with Crippen molar-refractivity contribution in [2.45, 2.75) is 12.3 Å². The highest BCUT2D eigenvalue weighted by molar-refractivity contribution is 5.46. The molecule has 1 aromatic heterocycles. The predicted octanol–water partition coefficient (Wildman–Crippen LogP) is 2.61. The van der Waals surface area contributed by atoms with Crippen molar-refractivity contribution in [2.75, 3.05) is 6.54 Å². The molecular formula is C14H13FN2O. The molecule has 2 N–H and O–H groups in total. The minimum absolute atomic E-state index is 0.0688. The first-order valence-electron chi connectivity index (χ1n) is 5.89. The number of halogens is 1. The van der Waals surface area contributed by atoms with Crippen LogP contribution in [0, 0.1) is 5.82 Å². The highest BCUT2D eigenvalue weighted by Gasteiger charge is 2.24. The van der Waals surface area contributed by atoms with Crippen molar-refractivity contribution in [1.82, 2.24) is 4.98 Å². The molecular weight excluding hydrogens is 231 g/mol. The minimum Gasteiger partial charge on any atom is -0.455 e. The fourth-order valence-corrected chi connectivity index (χ4v) is 2.33. The molecule has 92 valence electrons. The van der Waals surface area contributed by atoms with E-state index in [1.807, 2.05) is 24.3 Å². The van der Waals surface area contributed by atoms with Crippen LogP contribution < -0.4 is 10.5 Å². The minimum atomic E-state index is -0.334. The molecule has 0 amide bonds. The van der Waals surface area contributed by atoms with E-state index in [9.17, 15) is 4.39 Å². The van der Waals surface area contributed by atoms with E-state index in [2.05, 4.69) is 4.98 Å². The SMILES string of the molecule is NC[C@H]1Cc2c(F)cncc2Oc2ccccc21. The molecule has 0 saturated heterocycles. The standard InChI is InChI=1S/C14H13FN2O/c15-12-7-17-8-14-11(12)5-9(6-16)10-3-1-2-4-13(10)18-14/h1-4,7-9H,5-6,16H2/t9-/m1/s1. The smallest absolute Gasteiger partial charge is 0.151 e. The third-order valence-electron chi connectivity index (χ3n) is 3.28. The Labute approximate surface area is 104 Å². The van der Waals surface area contributed by atoms with Crippen LogP contribution in [-0.2, 0) is 6.42 Å². The van der Waals surface area contributed by atoms with Crippen LogP contribution in [0.1, 0.15) is 17.0 Å². The molecule has 0 bridgehead atoms. The molecule has 0 spiro atoms. The maximum atomic E-state index is 13.8. The summed E-state index contributed by atoms with van der Waals surface area (Å²) in [5, 5.41) is 0. The highest BCUT2D eigenvalue weighted by Crippen LogP contribution is 2.39. The molecule has 0 unspecified atom stereocenters. The monoisotopic (exact) mass is 244 g/mol. The Balaban J connectivity index is 2.16. The molecule has 0 aliphatic carbocycles. The number of hydrogen-bond acceptors (Lipinski definition) is 3. The van der Waals surface area contributed by atoms with E-state index < -0.39 is 0 Å². The van der Waals surface area contributed by atoms with Gasteiger partial charge in [0, 0.05) is 11.5 Å². The third kappa shape index (κ3) is 1.75. The largest absolute Gasteiger partial charge is 0.455 e. The summed E-state index contributed by atoms with van der Waals surface area (Å²) in [5.41, 5.74) is 7.38. The van der Waals surface area contributed by atoms with Crippen molar-refractivity contribution in [2.24, 2.45) is 5.73 Å². The number of ether oxygens (including phenoxy) is 1. The van der Waals surface area contributed by atoms with Crippen LogP contribution in [0.25, 0.3) is 0 Å². The predicted molar refractivity (Wildman–Crippen MR) is 66.2 cm³/mol. The summed E-state index contributed by atoms with van der Waals surface area (Å²) in [5.74, 6) is 0.954. The van der Waals surface area contributed by atoms with Crippen molar-refractivity contribution in [3.05, 3.63) is 53.6 Å². The third-order valence-corrected chi connectivity index (χ3v) is 3.28. The molecule has 1 aromatic carbocycles. The fraction of sp³-hybridized carbons (Fsp3) is 0.214. The Bertz CT molecular complexity index is 586. The Morgan fingerprint density at radius 2 is 2.11 bits per heavy atom. The zero-order valence-electron chi connectivity index (χ0n) is 9.77. The lowest BCUT2D eigenvalue weighted by Crippen LogP contribution is -2.14. The molecule has 1 atom stereocenters. The molecule has 18 heavy (non-hydrogen) atoms. The van der Waals surface area contributed by atoms with Gasteiger partial charge < -0.3 is 10.5 Å². The Kier molecular flexibility index (Phi) is 2.72. The number of nitrogens with zero attached hydrogens (tertiary/aromatic N) is 1. The van der Waals surface area contributed by atoms with Crippen molar-refractivity contribution < 1.29 is 9.13 Å². The average Bonchev–Trinajstić information content (AvgIpc) is 2.55. The van der Waals surface area contributed by atoms with Gasteiger partial charge in [0.05, 0.1) is 12.4 Å². The first-order chi connectivity index (χ1) is 8.79. The van der Waals surface area contributed by atoms with E-state index in [1.165, 1.54) is 6.20 Å². The number of fused-ring (bicyclic) bond motifs is 2. The zero-order chi connectivity index (χ0) is 12.5. The molecule has 2 aromatic rings. The van der Waals surface area contributed by atoms with Crippen molar-refractivity contribution in [3.8, 4) is 11.5 Å². The molecule has 3 nitrogen and oxygen atoms in total. The Hall–Kier alpha value is -1.94. The maximum absolute atomic E-state index is 13.8. The summed E-state index contributed by atoms with van der Waals surface area (Å²) >= 11 is 0. The van der Waals surface area contributed by atoms with Gasteiger partial charge in [0.2, 0.25) is 0 Å². The van der Waals surface area contributed by atoms with E-state index in [1.54, 1.807) is 6.20 Å². The second-order valence-corrected chi connectivity index (χ2v) is 4.37. The molecule has 4 heteroatoms. The summed E-state index contributed by atoms with van der Waals surface area (Å²) in [6.45, 7) is 0.460. The lowest BCUT2D eigenvalue weighted by molar-refractivity contribution is 0.468. The summed E-state index contributed by atoms with van der Waals surface area (Å²) in [6.07, 6.45) is 3.30. The van der Waals surface area contributed by atoms with Crippen LogP contribution in [0.15, 0.2) is 36.7 Å². The summed E-state index contributed by atoms with van der Waals surface area (Å²) < 4.78 is 19.6. The van der Waals surface area contributed by atoms with E-state index in [-0.39, 0.29) is 11.7 Å². The molecule has 0 radical (unpaired) electrons. The number of nitrogens with two attached hydrogens (primary N) is 1. The first-order valence-corrected chi connectivity index (χ1v) is 5.89. The van der Waals surface area contributed by atoms with Crippen molar-refractivity contribution >= 4 is 0 Å². The summed E-state index contributed by atoms with van der Waals surface area (Å²) in [6, 6.07) is 7.68. The van der Waals surface area contributed by atoms with Crippen LogP contribution in [0.3, 0.4) is 0 Å². The van der Waals surface area contributed by atoms with E-state index >= 15 is 0 Å². The fourth-order valence-electron chi connectivity index (χ4n) is 2.33. The van der Waals surface area contributed by atoms with E-state index in [0.717, 1.165) is 11.3 Å². The van der Waals surface area contributed by atoms with Crippen LogP contribution in [0.5, 0.6) is 11.5 Å².